The average molecular weight is 396 g/mol. The molecule has 1 aromatic heterocycles. The first-order chi connectivity index (χ1) is 14.7. The fourth-order valence-electron chi connectivity index (χ4n) is 3.50. The highest BCUT2D eigenvalue weighted by atomic mass is 16.5. The van der Waals surface area contributed by atoms with Crippen molar-refractivity contribution in [2.45, 2.75) is 32.6 Å². The summed E-state index contributed by atoms with van der Waals surface area (Å²) in [7, 11) is 0. The van der Waals surface area contributed by atoms with E-state index in [-0.39, 0.29) is 5.97 Å². The van der Waals surface area contributed by atoms with E-state index in [0.29, 0.717) is 11.3 Å². The number of rotatable bonds is 7. The van der Waals surface area contributed by atoms with Gasteiger partial charge in [0.25, 0.3) is 0 Å². The third-order valence-electron chi connectivity index (χ3n) is 5.24. The van der Waals surface area contributed by atoms with Gasteiger partial charge in [-0.15, -0.1) is 0 Å². The molecular weight excluding hydrogens is 370 g/mol. The Bertz CT molecular complexity index is 1130. The Kier molecular flexibility index (Phi) is 6.19. The van der Waals surface area contributed by atoms with Gasteiger partial charge in [0, 0.05) is 11.8 Å². The molecule has 0 aliphatic carbocycles. The van der Waals surface area contributed by atoms with Gasteiger partial charge >= 0.3 is 5.97 Å². The van der Waals surface area contributed by atoms with Crippen LogP contribution in [0.5, 0.6) is 5.75 Å². The first-order valence-electron chi connectivity index (χ1n) is 10.5. The molecule has 0 bridgehead atoms. The summed E-state index contributed by atoms with van der Waals surface area (Å²) in [6, 6.07) is 25.2. The zero-order valence-corrected chi connectivity index (χ0v) is 17.2. The van der Waals surface area contributed by atoms with E-state index in [1.54, 1.807) is 12.1 Å². The summed E-state index contributed by atoms with van der Waals surface area (Å²) in [6.45, 7) is 2.21. The Hall–Kier alpha value is -3.46. The maximum Gasteiger partial charge on any atom is 0.343 e. The zero-order valence-electron chi connectivity index (χ0n) is 17.2. The minimum Gasteiger partial charge on any atom is -0.423 e. The Morgan fingerprint density at radius 1 is 0.867 bits per heavy atom. The topological polar surface area (TPSA) is 39.2 Å². The van der Waals surface area contributed by atoms with Crippen molar-refractivity contribution in [2.75, 3.05) is 0 Å². The fraction of sp³-hybridized carbons (Fsp3) is 0.185. The van der Waals surface area contributed by atoms with Gasteiger partial charge < -0.3 is 4.74 Å². The number of carbonyl (C=O) groups excluding carboxylic acids is 1. The van der Waals surface area contributed by atoms with Crippen LogP contribution >= 0.6 is 0 Å². The second-order valence-corrected chi connectivity index (χ2v) is 7.48. The lowest BCUT2D eigenvalue weighted by Crippen LogP contribution is -2.08. The van der Waals surface area contributed by atoms with E-state index < -0.39 is 0 Å². The number of fused-ring (bicyclic) bond motifs is 1. The maximum absolute atomic E-state index is 12.5. The first-order valence-corrected chi connectivity index (χ1v) is 10.5. The van der Waals surface area contributed by atoms with Crippen LogP contribution in [0, 0.1) is 0 Å². The van der Waals surface area contributed by atoms with Crippen LogP contribution in [-0.4, -0.2) is 11.0 Å². The van der Waals surface area contributed by atoms with E-state index in [1.807, 2.05) is 66.9 Å². The molecule has 0 atom stereocenters. The summed E-state index contributed by atoms with van der Waals surface area (Å²) in [5.41, 5.74) is 3.67. The summed E-state index contributed by atoms with van der Waals surface area (Å²) >= 11 is 0. The summed E-state index contributed by atoms with van der Waals surface area (Å²) in [6.07, 6.45) is 6.69. The molecule has 0 saturated carbocycles. The van der Waals surface area contributed by atoms with Crippen LogP contribution in [0.3, 0.4) is 0 Å². The number of ether oxygens (including phenoxy) is 1. The van der Waals surface area contributed by atoms with Gasteiger partial charge in [-0.25, -0.2) is 4.79 Å². The van der Waals surface area contributed by atoms with E-state index in [4.69, 9.17) is 4.74 Å². The number of pyridine rings is 1. The molecule has 0 aliphatic rings. The molecule has 0 spiro atoms. The second kappa shape index (κ2) is 9.36. The summed E-state index contributed by atoms with van der Waals surface area (Å²) in [4.78, 5) is 17.1. The largest absolute Gasteiger partial charge is 0.423 e. The quantitative estimate of drug-likeness (QED) is 0.195. The van der Waals surface area contributed by atoms with Gasteiger partial charge in [0.15, 0.2) is 0 Å². The molecule has 0 N–H and O–H groups in total. The number of carbonyl (C=O) groups is 1. The van der Waals surface area contributed by atoms with Crippen molar-refractivity contribution >= 4 is 16.7 Å². The van der Waals surface area contributed by atoms with Gasteiger partial charge in [-0.05, 0) is 59.5 Å². The van der Waals surface area contributed by atoms with Crippen LogP contribution in [0.4, 0.5) is 0 Å². The van der Waals surface area contributed by atoms with Gasteiger partial charge in [0.2, 0.25) is 0 Å². The number of esters is 1. The van der Waals surface area contributed by atoms with Gasteiger partial charge in [-0.2, -0.15) is 0 Å². The summed E-state index contributed by atoms with van der Waals surface area (Å²) in [5, 5.41) is 2.16. The maximum atomic E-state index is 12.5. The SMILES string of the molecule is CCCCCc1ccc(-c2ccc(C(=O)Oc3ccc4ccccc4c3)cc2)nc1. The molecule has 1 heterocycles. The van der Waals surface area contributed by atoms with Crippen molar-refractivity contribution in [2.24, 2.45) is 0 Å². The van der Waals surface area contributed by atoms with Crippen molar-refractivity contribution in [3.8, 4) is 17.0 Å². The molecule has 0 amide bonds. The molecule has 4 rings (SSSR count). The number of benzene rings is 3. The molecule has 0 saturated heterocycles. The Balaban J connectivity index is 1.42. The van der Waals surface area contributed by atoms with Crippen molar-refractivity contribution in [1.29, 1.82) is 0 Å². The molecule has 0 fully saturated rings. The van der Waals surface area contributed by atoms with Crippen LogP contribution < -0.4 is 4.74 Å². The number of hydrogen-bond donors (Lipinski definition) is 0. The highest BCUT2D eigenvalue weighted by Gasteiger charge is 2.10. The van der Waals surface area contributed by atoms with Crippen molar-refractivity contribution < 1.29 is 9.53 Å². The summed E-state index contributed by atoms with van der Waals surface area (Å²) < 4.78 is 5.56. The third kappa shape index (κ3) is 4.74. The molecule has 30 heavy (non-hydrogen) atoms. The number of aryl methyl sites for hydroxylation is 1. The van der Waals surface area contributed by atoms with E-state index in [9.17, 15) is 4.79 Å². The molecule has 150 valence electrons. The standard InChI is InChI=1S/C27H25NO2/c1-2-3-4-7-20-10-17-26(28-19-20)22-11-13-23(14-12-22)27(29)30-25-16-15-21-8-5-6-9-24(21)18-25/h5-6,8-19H,2-4,7H2,1H3. The molecule has 4 aromatic rings. The van der Waals surface area contributed by atoms with Crippen molar-refractivity contribution in [3.05, 3.63) is 96.2 Å². The number of hydrogen-bond acceptors (Lipinski definition) is 3. The fourth-order valence-corrected chi connectivity index (χ4v) is 3.50. The lowest BCUT2D eigenvalue weighted by Gasteiger charge is -2.07. The van der Waals surface area contributed by atoms with E-state index in [1.165, 1.54) is 24.8 Å². The number of unbranched alkanes of at least 4 members (excludes halogenated alkanes) is 2. The van der Waals surface area contributed by atoms with Crippen LogP contribution in [-0.2, 0) is 6.42 Å². The third-order valence-corrected chi connectivity index (χ3v) is 5.24. The highest BCUT2D eigenvalue weighted by Crippen LogP contribution is 2.23. The molecule has 3 heteroatoms. The molecule has 0 radical (unpaired) electrons. The Morgan fingerprint density at radius 2 is 1.67 bits per heavy atom. The van der Waals surface area contributed by atoms with Crippen LogP contribution in [0.25, 0.3) is 22.0 Å². The van der Waals surface area contributed by atoms with Gasteiger partial charge in [-0.1, -0.05) is 68.3 Å². The Morgan fingerprint density at radius 3 is 2.40 bits per heavy atom. The number of nitrogens with zero attached hydrogens (tertiary/aromatic N) is 1. The van der Waals surface area contributed by atoms with Gasteiger partial charge in [-0.3, -0.25) is 4.98 Å². The van der Waals surface area contributed by atoms with E-state index in [0.717, 1.165) is 28.5 Å². The van der Waals surface area contributed by atoms with Gasteiger partial charge in [0.1, 0.15) is 5.75 Å². The first kappa shape index (κ1) is 19.8. The second-order valence-electron chi connectivity index (χ2n) is 7.48. The van der Waals surface area contributed by atoms with Crippen molar-refractivity contribution in [3.63, 3.8) is 0 Å². The smallest absolute Gasteiger partial charge is 0.343 e. The summed E-state index contributed by atoms with van der Waals surface area (Å²) in [5.74, 6) is 0.180. The van der Waals surface area contributed by atoms with E-state index >= 15 is 0 Å². The Labute approximate surface area is 177 Å². The zero-order chi connectivity index (χ0) is 20.8. The molecule has 3 aromatic carbocycles. The lowest BCUT2D eigenvalue weighted by atomic mass is 10.1. The highest BCUT2D eigenvalue weighted by molar-refractivity contribution is 5.92. The number of aromatic nitrogens is 1. The minimum absolute atomic E-state index is 0.365. The molecule has 0 aliphatic heterocycles. The predicted molar refractivity (Wildman–Crippen MR) is 122 cm³/mol. The van der Waals surface area contributed by atoms with Crippen LogP contribution in [0.2, 0.25) is 0 Å². The molecule has 3 nitrogen and oxygen atoms in total. The molecule has 0 unspecified atom stereocenters. The molecular formula is C27H25NO2. The van der Waals surface area contributed by atoms with Crippen LogP contribution in [0.15, 0.2) is 85.1 Å². The predicted octanol–water partition coefficient (Wildman–Crippen LogP) is 6.85. The monoisotopic (exact) mass is 395 g/mol. The minimum atomic E-state index is -0.365. The van der Waals surface area contributed by atoms with Crippen molar-refractivity contribution in [1.82, 2.24) is 4.98 Å². The van der Waals surface area contributed by atoms with Crippen LogP contribution in [0.1, 0.15) is 42.1 Å². The average Bonchev–Trinajstić information content (AvgIpc) is 2.80. The van der Waals surface area contributed by atoms with Gasteiger partial charge in [0.05, 0.1) is 11.3 Å². The van der Waals surface area contributed by atoms with E-state index in [2.05, 4.69) is 18.0 Å². The normalized spacial score (nSPS) is 10.8. The lowest BCUT2D eigenvalue weighted by molar-refractivity contribution is 0.0735.